The molecule has 1 heterocycles. The Morgan fingerprint density at radius 2 is 1.89 bits per heavy atom. The summed E-state index contributed by atoms with van der Waals surface area (Å²) in [7, 11) is 3.13. The number of amides is 1. The monoisotopic (exact) mass is 416 g/mol. The Kier molecular flexibility index (Phi) is 5.96. The summed E-state index contributed by atoms with van der Waals surface area (Å²) in [4.78, 5) is 25.2. The van der Waals surface area contributed by atoms with Crippen LogP contribution in [-0.4, -0.2) is 34.3 Å². The van der Waals surface area contributed by atoms with Crippen molar-refractivity contribution in [3.8, 4) is 11.5 Å². The van der Waals surface area contributed by atoms with E-state index >= 15 is 0 Å². The van der Waals surface area contributed by atoms with Gasteiger partial charge >= 0.3 is 0 Å². The van der Waals surface area contributed by atoms with Crippen LogP contribution in [0, 0.1) is 10.1 Å². The first-order chi connectivity index (χ1) is 13.4. The number of rotatable bonds is 6. The van der Waals surface area contributed by atoms with Gasteiger partial charge in [-0.15, -0.1) is 0 Å². The normalized spacial score (nSPS) is 15.2. The van der Waals surface area contributed by atoms with Crippen molar-refractivity contribution in [2.24, 2.45) is 0 Å². The summed E-state index contributed by atoms with van der Waals surface area (Å²) < 4.78 is 10.6. The molecule has 1 amide bonds. The summed E-state index contributed by atoms with van der Waals surface area (Å²) in [5.74, 6) is 1.27. The number of hydrogen-bond donors (Lipinski definition) is 0. The number of non-ortho nitro benzene ring substituents is 1. The van der Waals surface area contributed by atoms with Gasteiger partial charge in [0, 0.05) is 23.8 Å². The molecule has 0 N–H and O–H groups in total. The van der Waals surface area contributed by atoms with Gasteiger partial charge in [-0.05, 0) is 35.5 Å². The number of nitro benzene ring substituents is 1. The molecule has 2 aromatic carbocycles. The molecule has 2 aromatic rings. The molecular formula is C19H16N2O5S2. The number of methoxy groups -OCH3 is 2. The fourth-order valence-corrected chi connectivity index (χ4v) is 3.85. The van der Waals surface area contributed by atoms with E-state index in [1.165, 1.54) is 17.0 Å². The summed E-state index contributed by atoms with van der Waals surface area (Å²) in [6.07, 6.45) is 1.80. The summed E-state index contributed by atoms with van der Waals surface area (Å²) in [6.45, 7) is 0.250. The van der Waals surface area contributed by atoms with Crippen LogP contribution < -0.4 is 9.47 Å². The highest BCUT2D eigenvalue weighted by Gasteiger charge is 2.32. The van der Waals surface area contributed by atoms with Crippen molar-refractivity contribution in [2.45, 2.75) is 6.54 Å². The van der Waals surface area contributed by atoms with Gasteiger partial charge in [-0.2, -0.15) is 0 Å². The van der Waals surface area contributed by atoms with Gasteiger partial charge in [0.05, 0.1) is 30.6 Å². The largest absolute Gasteiger partial charge is 0.497 e. The smallest absolute Gasteiger partial charge is 0.291 e. The van der Waals surface area contributed by atoms with Crippen molar-refractivity contribution < 1.29 is 19.2 Å². The zero-order valence-electron chi connectivity index (χ0n) is 15.1. The van der Waals surface area contributed by atoms with E-state index in [-0.39, 0.29) is 17.5 Å². The highest BCUT2D eigenvalue weighted by atomic mass is 32.2. The summed E-state index contributed by atoms with van der Waals surface area (Å²) >= 11 is 6.52. The van der Waals surface area contributed by atoms with Gasteiger partial charge in [0.2, 0.25) is 0 Å². The minimum atomic E-state index is -0.464. The molecule has 1 aliphatic heterocycles. The van der Waals surface area contributed by atoms with Gasteiger partial charge in [0.1, 0.15) is 16.5 Å². The van der Waals surface area contributed by atoms with E-state index in [0.717, 1.165) is 22.9 Å². The molecule has 0 saturated carbocycles. The van der Waals surface area contributed by atoms with Crippen molar-refractivity contribution in [1.29, 1.82) is 0 Å². The van der Waals surface area contributed by atoms with Crippen LogP contribution in [0.25, 0.3) is 6.08 Å². The highest BCUT2D eigenvalue weighted by molar-refractivity contribution is 8.19. The van der Waals surface area contributed by atoms with E-state index in [0.29, 0.717) is 21.4 Å². The Hall–Kier alpha value is -2.91. The van der Waals surface area contributed by atoms with Crippen LogP contribution in [0.1, 0.15) is 11.1 Å². The number of nitro groups is 1. The van der Waals surface area contributed by atoms with E-state index in [4.69, 9.17) is 21.7 Å². The second-order valence-corrected chi connectivity index (χ2v) is 7.18. The fourth-order valence-electron chi connectivity index (χ4n) is 2.62. The maximum Gasteiger partial charge on any atom is 0.291 e. The molecule has 0 atom stereocenters. The Morgan fingerprint density at radius 3 is 2.50 bits per heavy atom. The van der Waals surface area contributed by atoms with Crippen LogP contribution in [0.5, 0.6) is 11.5 Å². The molecule has 1 fully saturated rings. The third kappa shape index (κ3) is 4.15. The number of benzene rings is 2. The van der Waals surface area contributed by atoms with Crippen molar-refractivity contribution >= 4 is 46.0 Å². The van der Waals surface area contributed by atoms with Crippen LogP contribution in [0.3, 0.4) is 0 Å². The number of carbonyl (C=O) groups is 1. The lowest BCUT2D eigenvalue weighted by atomic mass is 10.1. The zero-order chi connectivity index (χ0) is 20.3. The Balaban J connectivity index is 1.81. The number of carbonyl (C=O) groups excluding carboxylic acids is 1. The van der Waals surface area contributed by atoms with Gasteiger partial charge in [0.15, 0.2) is 0 Å². The minimum absolute atomic E-state index is 0.000589. The first-order valence-electron chi connectivity index (χ1n) is 8.13. The molecular weight excluding hydrogens is 400 g/mol. The second-order valence-electron chi connectivity index (χ2n) is 5.80. The molecule has 9 heteroatoms. The topological polar surface area (TPSA) is 81.9 Å². The molecule has 0 radical (unpaired) electrons. The molecule has 0 spiro atoms. The van der Waals surface area contributed by atoms with Gasteiger partial charge in [-0.25, -0.2) is 0 Å². The van der Waals surface area contributed by atoms with Crippen molar-refractivity contribution in [2.75, 3.05) is 14.2 Å². The van der Waals surface area contributed by atoms with E-state index in [1.807, 2.05) is 6.07 Å². The lowest BCUT2D eigenvalue weighted by Gasteiger charge is -2.14. The zero-order valence-corrected chi connectivity index (χ0v) is 16.7. The highest BCUT2D eigenvalue weighted by Crippen LogP contribution is 2.36. The third-order valence-corrected chi connectivity index (χ3v) is 5.58. The van der Waals surface area contributed by atoms with Crippen LogP contribution in [0.4, 0.5) is 10.5 Å². The lowest BCUT2D eigenvalue weighted by molar-refractivity contribution is -0.384. The van der Waals surface area contributed by atoms with Gasteiger partial charge in [0.25, 0.3) is 10.9 Å². The molecule has 7 nitrogen and oxygen atoms in total. The van der Waals surface area contributed by atoms with E-state index in [9.17, 15) is 14.9 Å². The summed E-state index contributed by atoms with van der Waals surface area (Å²) in [6, 6.07) is 11.4. The van der Waals surface area contributed by atoms with Crippen LogP contribution >= 0.6 is 24.0 Å². The maximum absolute atomic E-state index is 12.4. The minimum Gasteiger partial charge on any atom is -0.497 e. The SMILES string of the molecule is COc1ccc(/C=C2/SC(=O)N(Cc3ccc([N+](=O)[O-])cc3)C2=S)c(OC)c1. The summed E-state index contributed by atoms with van der Waals surface area (Å²) in [5.41, 5.74) is 1.53. The maximum atomic E-state index is 12.4. The molecule has 1 saturated heterocycles. The van der Waals surface area contributed by atoms with E-state index < -0.39 is 4.92 Å². The Bertz CT molecular complexity index is 973. The van der Waals surface area contributed by atoms with Crippen LogP contribution in [0.2, 0.25) is 0 Å². The Labute approximate surface area is 171 Å². The van der Waals surface area contributed by atoms with Gasteiger partial charge in [-0.3, -0.25) is 19.8 Å². The van der Waals surface area contributed by atoms with Gasteiger partial charge in [-0.1, -0.05) is 24.4 Å². The quantitative estimate of drug-likeness (QED) is 0.293. The standard InChI is InChI=1S/C19H16N2O5S2/c1-25-15-8-5-13(16(10-15)26-2)9-17-18(27)20(19(22)28-17)11-12-3-6-14(7-4-12)21(23)24/h3-10H,11H2,1-2H3/b17-9+. The molecule has 0 aromatic heterocycles. The third-order valence-electron chi connectivity index (χ3n) is 4.09. The number of ether oxygens (including phenoxy) is 2. The molecule has 0 aliphatic carbocycles. The molecule has 28 heavy (non-hydrogen) atoms. The van der Waals surface area contributed by atoms with Crippen LogP contribution in [0.15, 0.2) is 47.4 Å². The van der Waals surface area contributed by atoms with Crippen molar-refractivity contribution in [3.05, 3.63) is 68.6 Å². The predicted molar refractivity (Wildman–Crippen MR) is 112 cm³/mol. The van der Waals surface area contributed by atoms with E-state index in [2.05, 4.69) is 0 Å². The molecule has 1 aliphatic rings. The number of nitrogens with zero attached hydrogens (tertiary/aromatic N) is 2. The molecule has 3 rings (SSSR count). The van der Waals surface area contributed by atoms with Crippen molar-refractivity contribution in [3.63, 3.8) is 0 Å². The molecule has 0 bridgehead atoms. The lowest BCUT2D eigenvalue weighted by Crippen LogP contribution is -2.26. The predicted octanol–water partition coefficient (Wildman–Crippen LogP) is 4.65. The summed E-state index contributed by atoms with van der Waals surface area (Å²) in [5, 5.41) is 10.6. The second kappa shape index (κ2) is 8.41. The first kappa shape index (κ1) is 19.8. The molecule has 144 valence electrons. The fraction of sp³-hybridized carbons (Fsp3) is 0.158. The number of thiocarbonyl (C=S) groups is 1. The molecule has 0 unspecified atom stereocenters. The Morgan fingerprint density at radius 1 is 1.18 bits per heavy atom. The average molecular weight is 416 g/mol. The number of thioether (sulfide) groups is 1. The number of hydrogen-bond acceptors (Lipinski definition) is 7. The van der Waals surface area contributed by atoms with Crippen molar-refractivity contribution in [1.82, 2.24) is 4.90 Å². The van der Waals surface area contributed by atoms with Gasteiger partial charge < -0.3 is 9.47 Å². The average Bonchev–Trinajstić information content (AvgIpc) is 2.96. The van der Waals surface area contributed by atoms with Crippen LogP contribution in [-0.2, 0) is 6.54 Å². The first-order valence-corrected chi connectivity index (χ1v) is 9.36. The van der Waals surface area contributed by atoms with E-state index in [1.54, 1.807) is 44.6 Å².